The summed E-state index contributed by atoms with van der Waals surface area (Å²) >= 11 is 0. The maximum atomic E-state index is 8.73. The van der Waals surface area contributed by atoms with Crippen LogP contribution in [0, 0.1) is 18.3 Å². The molecule has 1 aromatic rings. The minimum Gasteiger partial charge on any atom is -0.396 e. The van der Waals surface area contributed by atoms with Crippen molar-refractivity contribution in [2.45, 2.75) is 13.3 Å². The van der Waals surface area contributed by atoms with E-state index in [0.717, 1.165) is 11.3 Å². The van der Waals surface area contributed by atoms with Crippen molar-refractivity contribution < 1.29 is 5.11 Å². The summed E-state index contributed by atoms with van der Waals surface area (Å²) in [6.45, 7) is 1.94. The average molecular weight is 165 g/mol. The Bertz CT molecular complexity index is 322. The molecule has 64 valence electrons. The zero-order valence-corrected chi connectivity index (χ0v) is 7.20. The molecule has 1 N–H and O–H groups in total. The zero-order chi connectivity index (χ0) is 9.14. The van der Waals surface area contributed by atoms with Crippen LogP contribution in [0.25, 0.3) is 0 Å². The fraction of sp³-hybridized carbons (Fsp3) is 0.500. The number of hydrogen-bond acceptors (Lipinski definition) is 3. The molecular formula is C8H11N3O. The van der Waals surface area contributed by atoms with E-state index in [0.29, 0.717) is 12.1 Å². The lowest BCUT2D eigenvalue weighted by atomic mass is 10.1. The van der Waals surface area contributed by atoms with Crippen LogP contribution in [0.3, 0.4) is 0 Å². The summed E-state index contributed by atoms with van der Waals surface area (Å²) in [7, 11) is 1.79. The second-order valence-corrected chi connectivity index (χ2v) is 2.62. The van der Waals surface area contributed by atoms with Crippen LogP contribution >= 0.6 is 0 Å². The molecule has 0 spiro atoms. The Balaban J connectivity index is 3.14. The van der Waals surface area contributed by atoms with Gasteiger partial charge in [-0.3, -0.25) is 4.68 Å². The summed E-state index contributed by atoms with van der Waals surface area (Å²) in [6, 6.07) is 2.00. The van der Waals surface area contributed by atoms with Crippen LogP contribution in [0.4, 0.5) is 0 Å². The minimum atomic E-state index is 0.0568. The van der Waals surface area contributed by atoms with Crippen LogP contribution in [-0.4, -0.2) is 21.5 Å². The van der Waals surface area contributed by atoms with Gasteiger partial charge in [-0.1, -0.05) is 0 Å². The van der Waals surface area contributed by atoms with Crippen molar-refractivity contribution in [3.05, 3.63) is 17.0 Å². The van der Waals surface area contributed by atoms with Gasteiger partial charge in [-0.15, -0.1) is 0 Å². The molecule has 0 aliphatic carbocycles. The van der Waals surface area contributed by atoms with E-state index in [1.165, 1.54) is 0 Å². The second kappa shape index (κ2) is 3.37. The molecule has 0 aliphatic heterocycles. The Morgan fingerprint density at radius 3 is 2.83 bits per heavy atom. The number of rotatable bonds is 2. The Morgan fingerprint density at radius 2 is 2.33 bits per heavy atom. The molecule has 0 amide bonds. The molecule has 4 nitrogen and oxygen atoms in total. The molecular weight excluding hydrogens is 154 g/mol. The lowest BCUT2D eigenvalue weighted by molar-refractivity contribution is 0.299. The Labute approximate surface area is 71.1 Å². The van der Waals surface area contributed by atoms with Gasteiger partial charge in [0.2, 0.25) is 0 Å². The number of aromatic nitrogens is 2. The van der Waals surface area contributed by atoms with Gasteiger partial charge in [-0.05, 0) is 6.92 Å². The van der Waals surface area contributed by atoms with Crippen LogP contribution in [-0.2, 0) is 13.5 Å². The molecule has 12 heavy (non-hydrogen) atoms. The smallest absolute Gasteiger partial charge is 0.166 e. The van der Waals surface area contributed by atoms with Gasteiger partial charge in [-0.25, -0.2) is 0 Å². The molecule has 0 fully saturated rings. The maximum Gasteiger partial charge on any atom is 0.166 e. The number of hydrogen-bond donors (Lipinski definition) is 1. The number of aliphatic hydroxyl groups is 1. The van der Waals surface area contributed by atoms with Crippen molar-refractivity contribution in [1.29, 1.82) is 5.26 Å². The third kappa shape index (κ3) is 1.31. The SMILES string of the molecule is Cc1c(CCO)c(C#N)nn1C. The average Bonchev–Trinajstić information content (AvgIpc) is 2.33. The third-order valence-corrected chi connectivity index (χ3v) is 1.93. The molecule has 0 atom stereocenters. The molecule has 4 heteroatoms. The van der Waals surface area contributed by atoms with Gasteiger partial charge in [-0.2, -0.15) is 10.4 Å². The normalized spacial score (nSPS) is 9.83. The molecule has 1 rings (SSSR count). The van der Waals surface area contributed by atoms with E-state index < -0.39 is 0 Å². The second-order valence-electron chi connectivity index (χ2n) is 2.62. The standard InChI is InChI=1S/C8H11N3O/c1-6-7(3-4-12)8(5-9)10-11(6)2/h12H,3-4H2,1-2H3. The topological polar surface area (TPSA) is 61.8 Å². The van der Waals surface area contributed by atoms with Gasteiger partial charge < -0.3 is 5.11 Å². The molecule has 1 aromatic heterocycles. The van der Waals surface area contributed by atoms with Crippen molar-refractivity contribution >= 4 is 0 Å². The van der Waals surface area contributed by atoms with E-state index in [2.05, 4.69) is 5.10 Å². The summed E-state index contributed by atoms with van der Waals surface area (Å²) in [5.41, 5.74) is 2.21. The van der Waals surface area contributed by atoms with E-state index in [9.17, 15) is 0 Å². The van der Waals surface area contributed by atoms with Gasteiger partial charge >= 0.3 is 0 Å². The van der Waals surface area contributed by atoms with E-state index in [-0.39, 0.29) is 6.61 Å². The Hall–Kier alpha value is -1.34. The first kappa shape index (κ1) is 8.75. The molecule has 0 radical (unpaired) electrons. The Morgan fingerprint density at radius 1 is 1.67 bits per heavy atom. The quantitative estimate of drug-likeness (QED) is 0.677. The van der Waals surface area contributed by atoms with Gasteiger partial charge in [0, 0.05) is 31.3 Å². The molecule has 0 aromatic carbocycles. The summed E-state index contributed by atoms with van der Waals surface area (Å²) in [4.78, 5) is 0. The van der Waals surface area contributed by atoms with Crippen LogP contribution in [0.15, 0.2) is 0 Å². The first-order chi connectivity index (χ1) is 5.70. The van der Waals surface area contributed by atoms with Gasteiger partial charge in [0.1, 0.15) is 6.07 Å². The number of nitrogens with zero attached hydrogens (tertiary/aromatic N) is 3. The van der Waals surface area contributed by atoms with Crippen molar-refractivity contribution in [2.24, 2.45) is 7.05 Å². The maximum absolute atomic E-state index is 8.73. The molecule has 0 saturated heterocycles. The first-order valence-electron chi connectivity index (χ1n) is 3.74. The summed E-state index contributed by atoms with van der Waals surface area (Å²) in [6.07, 6.45) is 0.503. The summed E-state index contributed by atoms with van der Waals surface area (Å²) < 4.78 is 1.66. The van der Waals surface area contributed by atoms with Crippen LogP contribution in [0.5, 0.6) is 0 Å². The fourth-order valence-electron chi connectivity index (χ4n) is 1.15. The van der Waals surface area contributed by atoms with Crippen LogP contribution in [0.2, 0.25) is 0 Å². The fourth-order valence-corrected chi connectivity index (χ4v) is 1.15. The largest absolute Gasteiger partial charge is 0.396 e. The van der Waals surface area contributed by atoms with E-state index in [1.54, 1.807) is 11.7 Å². The van der Waals surface area contributed by atoms with Gasteiger partial charge in [0.25, 0.3) is 0 Å². The number of nitriles is 1. The third-order valence-electron chi connectivity index (χ3n) is 1.93. The summed E-state index contributed by atoms with van der Waals surface area (Å²) in [5.74, 6) is 0. The predicted molar refractivity (Wildman–Crippen MR) is 43.4 cm³/mol. The number of aryl methyl sites for hydroxylation is 1. The van der Waals surface area contributed by atoms with Crippen LogP contribution in [0.1, 0.15) is 17.0 Å². The highest BCUT2D eigenvalue weighted by molar-refractivity contribution is 5.34. The van der Waals surface area contributed by atoms with E-state index in [4.69, 9.17) is 10.4 Å². The van der Waals surface area contributed by atoms with Gasteiger partial charge in [0.05, 0.1) is 0 Å². The van der Waals surface area contributed by atoms with Crippen LogP contribution < -0.4 is 0 Å². The summed E-state index contributed by atoms with van der Waals surface area (Å²) in [5, 5.41) is 21.4. The first-order valence-corrected chi connectivity index (χ1v) is 3.74. The zero-order valence-electron chi connectivity index (χ0n) is 7.20. The van der Waals surface area contributed by atoms with Crippen molar-refractivity contribution in [2.75, 3.05) is 6.61 Å². The lowest BCUT2D eigenvalue weighted by Crippen LogP contribution is -1.96. The highest BCUT2D eigenvalue weighted by atomic mass is 16.2. The molecule has 0 bridgehead atoms. The number of aliphatic hydroxyl groups excluding tert-OH is 1. The van der Waals surface area contributed by atoms with Crippen molar-refractivity contribution in [3.63, 3.8) is 0 Å². The molecule has 0 unspecified atom stereocenters. The highest BCUT2D eigenvalue weighted by Gasteiger charge is 2.10. The van der Waals surface area contributed by atoms with E-state index >= 15 is 0 Å². The minimum absolute atomic E-state index is 0.0568. The molecule has 0 saturated carbocycles. The van der Waals surface area contributed by atoms with Crippen molar-refractivity contribution in [3.8, 4) is 6.07 Å². The molecule has 0 aliphatic rings. The monoisotopic (exact) mass is 165 g/mol. The van der Waals surface area contributed by atoms with Crippen molar-refractivity contribution in [1.82, 2.24) is 9.78 Å². The lowest BCUT2D eigenvalue weighted by Gasteiger charge is -1.96. The molecule has 1 heterocycles. The highest BCUT2D eigenvalue weighted by Crippen LogP contribution is 2.11. The predicted octanol–water partition coefficient (Wildman–Crippen LogP) is 0.135. The van der Waals surface area contributed by atoms with Gasteiger partial charge in [0.15, 0.2) is 5.69 Å². The Kier molecular flexibility index (Phi) is 2.46. The van der Waals surface area contributed by atoms with E-state index in [1.807, 2.05) is 13.0 Å².